The predicted molar refractivity (Wildman–Crippen MR) is 67.1 cm³/mol. The molecule has 0 aliphatic carbocycles. The fourth-order valence-electron chi connectivity index (χ4n) is 1.98. The van der Waals surface area contributed by atoms with E-state index in [0.29, 0.717) is 12.4 Å². The molecule has 2 N–H and O–H groups in total. The van der Waals surface area contributed by atoms with Crippen LogP contribution in [0.5, 0.6) is 5.75 Å². The molecule has 2 aromatic rings. The van der Waals surface area contributed by atoms with Crippen LogP contribution in [0, 0.1) is 11.3 Å². The van der Waals surface area contributed by atoms with E-state index < -0.39 is 0 Å². The van der Waals surface area contributed by atoms with Crippen molar-refractivity contribution in [1.29, 1.82) is 5.26 Å². The number of nitrogens with two attached hydrogens (primary N) is 1. The number of imidazole rings is 1. The van der Waals surface area contributed by atoms with Crippen molar-refractivity contribution >= 4 is 0 Å². The van der Waals surface area contributed by atoms with Gasteiger partial charge in [0.15, 0.2) is 0 Å². The third-order valence-electron chi connectivity index (χ3n) is 2.83. The molecule has 1 aromatic carbocycles. The minimum absolute atomic E-state index is 0.154. The quantitative estimate of drug-likeness (QED) is 0.877. The zero-order valence-electron chi connectivity index (χ0n) is 10.1. The number of methoxy groups -OCH3 is 1. The fraction of sp³-hybridized carbons (Fsp3) is 0.231. The highest BCUT2D eigenvalue weighted by molar-refractivity contribution is 5.37. The molecule has 0 radical (unpaired) electrons. The Balaban J connectivity index is 2.49. The van der Waals surface area contributed by atoms with E-state index in [2.05, 4.69) is 11.1 Å². The molecule has 18 heavy (non-hydrogen) atoms. The minimum Gasteiger partial charge on any atom is -0.496 e. The van der Waals surface area contributed by atoms with Crippen molar-refractivity contribution in [3.8, 4) is 11.8 Å². The molecule has 0 saturated carbocycles. The zero-order valence-corrected chi connectivity index (χ0v) is 10.1. The van der Waals surface area contributed by atoms with Gasteiger partial charge in [-0.2, -0.15) is 5.26 Å². The molecule has 1 atom stereocenters. The van der Waals surface area contributed by atoms with Crippen LogP contribution in [0.25, 0.3) is 0 Å². The monoisotopic (exact) mass is 242 g/mol. The van der Waals surface area contributed by atoms with Gasteiger partial charge in [0.05, 0.1) is 13.2 Å². The van der Waals surface area contributed by atoms with E-state index >= 15 is 0 Å². The molecule has 0 aliphatic rings. The Kier molecular flexibility index (Phi) is 3.60. The number of benzene rings is 1. The highest BCUT2D eigenvalue weighted by atomic mass is 16.5. The molecule has 1 aromatic heterocycles. The summed E-state index contributed by atoms with van der Waals surface area (Å²) in [4.78, 5) is 3.99. The van der Waals surface area contributed by atoms with E-state index in [1.807, 2.05) is 24.3 Å². The van der Waals surface area contributed by atoms with E-state index in [0.717, 1.165) is 11.3 Å². The summed E-state index contributed by atoms with van der Waals surface area (Å²) in [5.74, 6) is 1.10. The topological polar surface area (TPSA) is 76.9 Å². The highest BCUT2D eigenvalue weighted by Gasteiger charge is 2.18. The Bertz CT molecular complexity index is 570. The largest absolute Gasteiger partial charge is 0.496 e. The van der Waals surface area contributed by atoms with Crippen LogP contribution in [0.4, 0.5) is 0 Å². The summed E-state index contributed by atoms with van der Waals surface area (Å²) in [6, 6.07) is 9.53. The molecule has 1 heterocycles. The third kappa shape index (κ3) is 2.06. The second-order valence-corrected chi connectivity index (χ2v) is 3.76. The average molecular weight is 242 g/mol. The lowest BCUT2D eigenvalue weighted by Crippen LogP contribution is -2.21. The smallest absolute Gasteiger partial charge is 0.213 e. The van der Waals surface area contributed by atoms with E-state index in [9.17, 15) is 0 Å². The molecule has 0 fully saturated rings. The molecule has 92 valence electrons. The first-order chi connectivity index (χ1) is 8.81. The van der Waals surface area contributed by atoms with E-state index in [1.54, 1.807) is 24.1 Å². The molecule has 2 rings (SSSR count). The molecular formula is C13H14N4O. The molecule has 0 aliphatic heterocycles. The maximum absolute atomic E-state index is 9.02. The standard InChI is InChI=1S/C13H14N4O/c1-18-12-5-3-2-4-10(12)11(8-14)17-7-6-16-13(17)9-15/h2-7,11H,8,14H2,1H3. The van der Waals surface area contributed by atoms with Crippen LogP contribution in [-0.4, -0.2) is 23.2 Å². The molecular weight excluding hydrogens is 228 g/mol. The molecule has 0 saturated heterocycles. The van der Waals surface area contributed by atoms with Gasteiger partial charge in [-0.15, -0.1) is 0 Å². The summed E-state index contributed by atoms with van der Waals surface area (Å²) in [5, 5.41) is 9.02. The van der Waals surface area contributed by atoms with Crippen molar-refractivity contribution in [2.45, 2.75) is 6.04 Å². The summed E-state index contributed by atoms with van der Waals surface area (Å²) in [6.07, 6.45) is 3.35. The Labute approximate surface area is 105 Å². The second-order valence-electron chi connectivity index (χ2n) is 3.76. The minimum atomic E-state index is -0.154. The Morgan fingerprint density at radius 1 is 1.50 bits per heavy atom. The Morgan fingerprint density at radius 2 is 2.28 bits per heavy atom. The van der Waals surface area contributed by atoms with Crippen LogP contribution in [0.2, 0.25) is 0 Å². The Morgan fingerprint density at radius 3 is 2.94 bits per heavy atom. The van der Waals surface area contributed by atoms with Gasteiger partial charge in [-0.1, -0.05) is 18.2 Å². The van der Waals surface area contributed by atoms with Crippen molar-refractivity contribution in [3.63, 3.8) is 0 Å². The first-order valence-electron chi connectivity index (χ1n) is 5.57. The lowest BCUT2D eigenvalue weighted by molar-refractivity contribution is 0.401. The summed E-state index contributed by atoms with van der Waals surface area (Å²) < 4.78 is 7.09. The number of ether oxygens (including phenoxy) is 1. The molecule has 5 nitrogen and oxygen atoms in total. The van der Waals surface area contributed by atoms with Gasteiger partial charge < -0.3 is 15.0 Å². The Hall–Kier alpha value is -2.32. The van der Waals surface area contributed by atoms with Crippen LogP contribution in [-0.2, 0) is 0 Å². The van der Waals surface area contributed by atoms with Crippen molar-refractivity contribution in [2.24, 2.45) is 5.73 Å². The maximum Gasteiger partial charge on any atom is 0.213 e. The van der Waals surface area contributed by atoms with Gasteiger partial charge in [-0.25, -0.2) is 4.98 Å². The molecule has 0 amide bonds. The molecule has 1 unspecified atom stereocenters. The summed E-state index contributed by atoms with van der Waals surface area (Å²) >= 11 is 0. The van der Waals surface area contributed by atoms with E-state index in [1.165, 1.54) is 0 Å². The molecule has 0 spiro atoms. The van der Waals surface area contributed by atoms with Gasteiger partial charge in [0, 0.05) is 24.5 Å². The number of rotatable bonds is 4. The normalized spacial score (nSPS) is 11.8. The van der Waals surface area contributed by atoms with Crippen molar-refractivity contribution in [1.82, 2.24) is 9.55 Å². The zero-order chi connectivity index (χ0) is 13.0. The number of nitriles is 1. The number of nitrogens with zero attached hydrogens (tertiary/aromatic N) is 3. The average Bonchev–Trinajstić information content (AvgIpc) is 2.88. The first-order valence-corrected chi connectivity index (χ1v) is 5.57. The first kappa shape index (κ1) is 12.1. The van der Waals surface area contributed by atoms with Crippen LogP contribution >= 0.6 is 0 Å². The van der Waals surface area contributed by atoms with Crippen LogP contribution in [0.1, 0.15) is 17.4 Å². The molecule has 5 heteroatoms. The number of aromatic nitrogens is 2. The lowest BCUT2D eigenvalue weighted by Gasteiger charge is -2.20. The lowest BCUT2D eigenvalue weighted by atomic mass is 10.1. The van der Waals surface area contributed by atoms with Crippen LogP contribution in [0.15, 0.2) is 36.7 Å². The van der Waals surface area contributed by atoms with Gasteiger partial charge in [-0.3, -0.25) is 0 Å². The highest BCUT2D eigenvalue weighted by Crippen LogP contribution is 2.27. The summed E-state index contributed by atoms with van der Waals surface area (Å²) in [7, 11) is 1.62. The van der Waals surface area contributed by atoms with Gasteiger partial charge in [-0.05, 0) is 6.07 Å². The van der Waals surface area contributed by atoms with Crippen LogP contribution in [0.3, 0.4) is 0 Å². The van der Waals surface area contributed by atoms with Crippen molar-refractivity contribution in [3.05, 3.63) is 48.0 Å². The number of para-hydroxylation sites is 1. The maximum atomic E-state index is 9.02. The van der Waals surface area contributed by atoms with Gasteiger partial charge in [0.1, 0.15) is 11.8 Å². The molecule has 0 bridgehead atoms. The summed E-state index contributed by atoms with van der Waals surface area (Å²) in [6.45, 7) is 0.366. The van der Waals surface area contributed by atoms with Gasteiger partial charge in [0.25, 0.3) is 0 Å². The van der Waals surface area contributed by atoms with E-state index in [-0.39, 0.29) is 6.04 Å². The van der Waals surface area contributed by atoms with Gasteiger partial charge in [0.2, 0.25) is 5.82 Å². The van der Waals surface area contributed by atoms with Crippen molar-refractivity contribution in [2.75, 3.05) is 13.7 Å². The SMILES string of the molecule is COc1ccccc1C(CN)n1ccnc1C#N. The number of hydrogen-bond donors (Lipinski definition) is 1. The van der Waals surface area contributed by atoms with E-state index in [4.69, 9.17) is 15.7 Å². The third-order valence-corrected chi connectivity index (χ3v) is 2.83. The summed E-state index contributed by atoms with van der Waals surface area (Å²) in [5.41, 5.74) is 6.77. The van der Waals surface area contributed by atoms with Gasteiger partial charge >= 0.3 is 0 Å². The van der Waals surface area contributed by atoms with Crippen molar-refractivity contribution < 1.29 is 4.74 Å². The second kappa shape index (κ2) is 5.34. The van der Waals surface area contributed by atoms with Crippen LogP contribution < -0.4 is 10.5 Å². The fourth-order valence-corrected chi connectivity index (χ4v) is 1.98. The predicted octanol–water partition coefficient (Wildman–Crippen LogP) is 1.31. The number of hydrogen-bond acceptors (Lipinski definition) is 4.